The number of hydrogen-bond donors (Lipinski definition) is 1. The molecule has 0 aromatic carbocycles. The van der Waals surface area contributed by atoms with Crippen molar-refractivity contribution < 1.29 is 4.79 Å². The highest BCUT2D eigenvalue weighted by Gasteiger charge is 1.86. The topological polar surface area (TPSA) is 43.1 Å². The summed E-state index contributed by atoms with van der Waals surface area (Å²) in [7, 11) is 0. The Morgan fingerprint density at radius 1 is 1.50 bits per heavy atom. The van der Waals surface area contributed by atoms with Crippen LogP contribution in [0.2, 0.25) is 0 Å². The van der Waals surface area contributed by atoms with Crippen LogP contribution in [0.1, 0.15) is 6.92 Å². The van der Waals surface area contributed by atoms with Gasteiger partial charge in [0.2, 0.25) is 5.91 Å². The summed E-state index contributed by atoms with van der Waals surface area (Å²) in [6, 6.07) is 0. The van der Waals surface area contributed by atoms with E-state index in [4.69, 9.17) is 5.73 Å². The molecule has 1 amide bonds. The smallest absolute Gasteiger partial charge is 0.243 e. The molecule has 46 valence electrons. The molecule has 0 saturated carbocycles. The molecule has 2 nitrogen and oxygen atoms in total. The Kier molecular flexibility index (Phi) is 7.47. The molecule has 0 bridgehead atoms. The van der Waals surface area contributed by atoms with Crippen LogP contribution >= 0.6 is 0 Å². The zero-order valence-electron chi connectivity index (χ0n) is 5.11. The maximum atomic E-state index is 9.82. The van der Waals surface area contributed by atoms with Crippen LogP contribution in [-0.2, 0) is 4.79 Å². The van der Waals surface area contributed by atoms with Gasteiger partial charge in [-0.1, -0.05) is 6.58 Å². The normalized spacial score (nSPS) is 6.12. The van der Waals surface area contributed by atoms with Crippen LogP contribution in [-0.4, -0.2) is 5.91 Å². The molecule has 0 unspecified atom stereocenters. The van der Waals surface area contributed by atoms with Gasteiger partial charge in [-0.05, 0) is 6.92 Å². The van der Waals surface area contributed by atoms with Gasteiger partial charge in [0.15, 0.2) is 0 Å². The van der Waals surface area contributed by atoms with E-state index in [0.29, 0.717) is 5.57 Å². The minimum Gasteiger partial charge on any atom is -0.366 e. The molecular weight excluding hydrogens is 102 g/mol. The fourth-order valence-corrected chi connectivity index (χ4v) is 0. The van der Waals surface area contributed by atoms with E-state index in [1.165, 1.54) is 0 Å². The SMILES string of the molecule is C=C.C=C(C)C(N)=O. The Morgan fingerprint density at radius 2 is 1.62 bits per heavy atom. The molecular formula is C6H11NO. The summed E-state index contributed by atoms with van der Waals surface area (Å²) < 4.78 is 0. The van der Waals surface area contributed by atoms with Gasteiger partial charge in [-0.2, -0.15) is 0 Å². The number of nitrogens with two attached hydrogens (primary N) is 1. The minimum atomic E-state index is -0.435. The highest BCUT2D eigenvalue weighted by Crippen LogP contribution is 1.78. The van der Waals surface area contributed by atoms with E-state index in [0.717, 1.165) is 0 Å². The third kappa shape index (κ3) is 8.87. The zero-order chi connectivity index (χ0) is 7.15. The van der Waals surface area contributed by atoms with Gasteiger partial charge in [0.05, 0.1) is 0 Å². The Balaban J connectivity index is 0. The van der Waals surface area contributed by atoms with E-state index in [2.05, 4.69) is 19.7 Å². The molecule has 0 aromatic rings. The first-order chi connectivity index (χ1) is 3.64. The summed E-state index contributed by atoms with van der Waals surface area (Å²) in [5.74, 6) is -0.435. The second-order valence-corrected chi connectivity index (χ2v) is 1.14. The van der Waals surface area contributed by atoms with Crippen molar-refractivity contribution in [3.05, 3.63) is 25.3 Å². The molecule has 0 aliphatic carbocycles. The zero-order valence-corrected chi connectivity index (χ0v) is 5.11. The fourth-order valence-electron chi connectivity index (χ4n) is 0. The molecule has 2 heteroatoms. The lowest BCUT2D eigenvalue weighted by Gasteiger charge is -1.81. The third-order valence-corrected chi connectivity index (χ3v) is 0.421. The van der Waals surface area contributed by atoms with Crippen molar-refractivity contribution in [3.8, 4) is 0 Å². The molecule has 0 heterocycles. The van der Waals surface area contributed by atoms with E-state index in [1.807, 2.05) is 0 Å². The number of carbonyl (C=O) groups excluding carboxylic acids is 1. The predicted octanol–water partition coefficient (Wildman–Crippen LogP) is 0.850. The number of amides is 1. The Bertz CT molecular complexity index is 84.7. The van der Waals surface area contributed by atoms with Gasteiger partial charge in [-0.15, -0.1) is 13.2 Å². The third-order valence-electron chi connectivity index (χ3n) is 0.421. The van der Waals surface area contributed by atoms with Gasteiger partial charge in [-0.3, -0.25) is 4.79 Å². The molecule has 2 N–H and O–H groups in total. The van der Waals surface area contributed by atoms with Crippen molar-refractivity contribution in [2.75, 3.05) is 0 Å². The van der Waals surface area contributed by atoms with E-state index in [-0.39, 0.29) is 0 Å². The first-order valence-electron chi connectivity index (χ1n) is 2.10. The molecule has 0 aromatic heterocycles. The lowest BCUT2D eigenvalue weighted by molar-refractivity contribution is -0.114. The van der Waals surface area contributed by atoms with E-state index in [9.17, 15) is 4.79 Å². The van der Waals surface area contributed by atoms with E-state index < -0.39 is 5.91 Å². The van der Waals surface area contributed by atoms with Gasteiger partial charge >= 0.3 is 0 Å². The van der Waals surface area contributed by atoms with Crippen LogP contribution in [0.3, 0.4) is 0 Å². The average Bonchev–Trinajstić information content (AvgIpc) is 1.72. The van der Waals surface area contributed by atoms with Crippen molar-refractivity contribution in [3.63, 3.8) is 0 Å². The molecule has 0 spiro atoms. The highest BCUT2D eigenvalue weighted by atomic mass is 16.1. The molecule has 8 heavy (non-hydrogen) atoms. The van der Waals surface area contributed by atoms with Gasteiger partial charge in [0.25, 0.3) is 0 Å². The standard InChI is InChI=1S/C4H7NO.C2H4/c1-3(2)4(5)6;1-2/h1H2,2H3,(H2,5,6);1-2H2. The van der Waals surface area contributed by atoms with Crippen LogP contribution in [0.15, 0.2) is 25.3 Å². The van der Waals surface area contributed by atoms with Gasteiger partial charge in [0.1, 0.15) is 0 Å². The Hall–Kier alpha value is -1.05. The minimum absolute atomic E-state index is 0.398. The molecule has 0 aliphatic rings. The predicted molar refractivity (Wildman–Crippen MR) is 35.3 cm³/mol. The summed E-state index contributed by atoms with van der Waals surface area (Å²) in [5.41, 5.74) is 5.09. The number of rotatable bonds is 1. The highest BCUT2D eigenvalue weighted by molar-refractivity contribution is 5.90. The lowest BCUT2D eigenvalue weighted by Crippen LogP contribution is -2.10. The van der Waals surface area contributed by atoms with Crippen LogP contribution < -0.4 is 5.73 Å². The summed E-state index contributed by atoms with van der Waals surface area (Å²) in [4.78, 5) is 9.82. The monoisotopic (exact) mass is 113 g/mol. The van der Waals surface area contributed by atoms with Crippen molar-refractivity contribution in [1.82, 2.24) is 0 Å². The first-order valence-corrected chi connectivity index (χ1v) is 2.10. The Labute approximate surface area is 49.7 Å². The maximum Gasteiger partial charge on any atom is 0.243 e. The summed E-state index contributed by atoms with van der Waals surface area (Å²) in [6.07, 6.45) is 0. The van der Waals surface area contributed by atoms with Crippen molar-refractivity contribution in [2.24, 2.45) is 5.73 Å². The number of hydrogen-bond acceptors (Lipinski definition) is 1. The summed E-state index contributed by atoms with van der Waals surface area (Å²) >= 11 is 0. The van der Waals surface area contributed by atoms with E-state index in [1.54, 1.807) is 6.92 Å². The van der Waals surface area contributed by atoms with Gasteiger partial charge in [0, 0.05) is 5.57 Å². The number of carbonyl (C=O) groups is 1. The van der Waals surface area contributed by atoms with Gasteiger partial charge < -0.3 is 5.73 Å². The molecule has 0 saturated heterocycles. The lowest BCUT2D eigenvalue weighted by atomic mass is 10.3. The molecule has 0 fully saturated rings. The first kappa shape index (κ1) is 10.0. The van der Waals surface area contributed by atoms with Crippen LogP contribution in [0, 0.1) is 0 Å². The van der Waals surface area contributed by atoms with Crippen LogP contribution in [0.5, 0.6) is 0 Å². The average molecular weight is 113 g/mol. The van der Waals surface area contributed by atoms with Crippen LogP contribution in [0.4, 0.5) is 0 Å². The van der Waals surface area contributed by atoms with Crippen molar-refractivity contribution >= 4 is 5.91 Å². The quantitative estimate of drug-likeness (QED) is 0.397. The van der Waals surface area contributed by atoms with E-state index >= 15 is 0 Å². The second-order valence-electron chi connectivity index (χ2n) is 1.14. The molecule has 0 rings (SSSR count). The molecule has 0 atom stereocenters. The molecule has 0 aliphatic heterocycles. The molecule has 0 radical (unpaired) electrons. The number of primary amides is 1. The summed E-state index contributed by atoms with van der Waals surface area (Å²) in [6.45, 7) is 10.9. The fraction of sp³-hybridized carbons (Fsp3) is 0.167. The maximum absolute atomic E-state index is 9.82. The van der Waals surface area contributed by atoms with Crippen LogP contribution in [0.25, 0.3) is 0 Å². The van der Waals surface area contributed by atoms with Crippen molar-refractivity contribution in [2.45, 2.75) is 6.92 Å². The van der Waals surface area contributed by atoms with Crippen molar-refractivity contribution in [1.29, 1.82) is 0 Å². The summed E-state index contributed by atoms with van der Waals surface area (Å²) in [5, 5.41) is 0. The second kappa shape index (κ2) is 5.95. The largest absolute Gasteiger partial charge is 0.366 e. The Morgan fingerprint density at radius 3 is 1.62 bits per heavy atom. The van der Waals surface area contributed by atoms with Gasteiger partial charge in [-0.25, -0.2) is 0 Å².